The van der Waals surface area contributed by atoms with Crippen LogP contribution in [0.5, 0.6) is 5.75 Å². The van der Waals surface area contributed by atoms with E-state index in [2.05, 4.69) is 29.0 Å². The van der Waals surface area contributed by atoms with Gasteiger partial charge in [-0.1, -0.05) is 26.7 Å². The normalized spacial score (nSPS) is 18.9. The number of benzene rings is 1. The SMILES string of the molecule is CCCN(CCC)C(=O)CC1CCCC1.Cc1cc(OC2CCC(Nc3ccc(C#N)c(C(F)(F)F)c3)CC2)ccn1. The van der Waals surface area contributed by atoms with Gasteiger partial charge in [0.05, 0.1) is 23.3 Å². The Bertz CT molecular complexity index is 1160. The molecule has 0 atom stereocenters. The molecule has 2 aliphatic carbocycles. The summed E-state index contributed by atoms with van der Waals surface area (Å²) in [4.78, 5) is 18.2. The Morgan fingerprint density at radius 3 is 2.29 bits per heavy atom. The number of rotatable bonds is 10. The van der Waals surface area contributed by atoms with Gasteiger partial charge in [-0.05, 0) is 88.5 Å². The average molecular weight is 587 g/mol. The molecule has 1 amide bonds. The number of ether oxygens (including phenoxy) is 1. The molecule has 0 unspecified atom stereocenters. The third-order valence-corrected chi connectivity index (χ3v) is 7.94. The van der Waals surface area contributed by atoms with Gasteiger partial charge in [-0.25, -0.2) is 0 Å². The molecular weight excluding hydrogens is 541 g/mol. The number of anilines is 1. The Kier molecular flexibility index (Phi) is 13.0. The molecule has 230 valence electrons. The van der Waals surface area contributed by atoms with Crippen molar-refractivity contribution in [1.82, 2.24) is 9.88 Å². The number of nitrogens with zero attached hydrogens (tertiary/aromatic N) is 3. The molecule has 2 fully saturated rings. The van der Waals surface area contributed by atoms with Crippen molar-refractivity contribution >= 4 is 11.6 Å². The molecule has 2 aromatic rings. The van der Waals surface area contributed by atoms with Gasteiger partial charge in [-0.15, -0.1) is 0 Å². The maximum atomic E-state index is 13.1. The van der Waals surface area contributed by atoms with Gasteiger partial charge >= 0.3 is 6.18 Å². The number of aromatic nitrogens is 1. The number of hydrogen-bond donors (Lipinski definition) is 1. The summed E-state index contributed by atoms with van der Waals surface area (Å²) < 4.78 is 45.2. The highest BCUT2D eigenvalue weighted by molar-refractivity contribution is 5.76. The minimum Gasteiger partial charge on any atom is -0.490 e. The number of aryl methyl sites for hydroxylation is 1. The highest BCUT2D eigenvalue weighted by Gasteiger charge is 2.34. The molecular formula is C33H45F3N4O2. The van der Waals surface area contributed by atoms with Gasteiger partial charge in [0.25, 0.3) is 0 Å². The van der Waals surface area contributed by atoms with Crippen LogP contribution in [-0.2, 0) is 11.0 Å². The monoisotopic (exact) mass is 586 g/mol. The summed E-state index contributed by atoms with van der Waals surface area (Å²) in [5.74, 6) is 1.88. The first-order chi connectivity index (χ1) is 20.1. The van der Waals surface area contributed by atoms with Crippen LogP contribution < -0.4 is 10.1 Å². The number of hydrogen-bond acceptors (Lipinski definition) is 5. The Hall–Kier alpha value is -3.28. The molecule has 4 rings (SSSR count). The smallest absolute Gasteiger partial charge is 0.417 e. The third kappa shape index (κ3) is 10.5. The fourth-order valence-corrected chi connectivity index (χ4v) is 5.80. The van der Waals surface area contributed by atoms with E-state index in [1.807, 2.05) is 19.1 Å². The molecule has 1 N–H and O–H groups in total. The van der Waals surface area contributed by atoms with Crippen molar-refractivity contribution in [2.24, 2.45) is 5.92 Å². The van der Waals surface area contributed by atoms with Crippen molar-refractivity contribution < 1.29 is 22.7 Å². The average Bonchev–Trinajstić information content (AvgIpc) is 3.47. The van der Waals surface area contributed by atoms with Crippen molar-refractivity contribution in [3.05, 3.63) is 53.3 Å². The zero-order valence-electron chi connectivity index (χ0n) is 25.2. The van der Waals surface area contributed by atoms with Crippen molar-refractivity contribution in [2.45, 2.75) is 110 Å². The number of amides is 1. The summed E-state index contributed by atoms with van der Waals surface area (Å²) in [6, 6.07) is 9.15. The molecule has 0 spiro atoms. The zero-order chi connectivity index (χ0) is 30.5. The van der Waals surface area contributed by atoms with Gasteiger partial charge in [0.15, 0.2) is 0 Å². The molecule has 42 heavy (non-hydrogen) atoms. The Morgan fingerprint density at radius 2 is 1.71 bits per heavy atom. The van der Waals surface area contributed by atoms with E-state index in [9.17, 15) is 18.0 Å². The number of nitriles is 1. The van der Waals surface area contributed by atoms with Gasteiger partial charge in [0.2, 0.25) is 5.91 Å². The van der Waals surface area contributed by atoms with Crippen LogP contribution in [0.4, 0.5) is 18.9 Å². The second kappa shape index (κ2) is 16.4. The van der Waals surface area contributed by atoms with E-state index in [4.69, 9.17) is 10.00 Å². The van der Waals surface area contributed by atoms with Crippen LogP contribution in [0, 0.1) is 24.2 Å². The maximum absolute atomic E-state index is 13.1. The number of carbonyl (C=O) groups excluding carboxylic acids is 1. The van der Waals surface area contributed by atoms with E-state index in [-0.39, 0.29) is 17.7 Å². The van der Waals surface area contributed by atoms with E-state index in [1.165, 1.54) is 37.8 Å². The highest BCUT2D eigenvalue weighted by Crippen LogP contribution is 2.34. The van der Waals surface area contributed by atoms with E-state index in [1.54, 1.807) is 12.3 Å². The maximum Gasteiger partial charge on any atom is 0.417 e. The summed E-state index contributed by atoms with van der Waals surface area (Å²) in [7, 11) is 0. The van der Waals surface area contributed by atoms with Crippen LogP contribution in [-0.4, -0.2) is 41.0 Å². The molecule has 1 aromatic carbocycles. The lowest BCUT2D eigenvalue weighted by Crippen LogP contribution is -2.33. The van der Waals surface area contributed by atoms with Crippen LogP contribution in [0.15, 0.2) is 36.5 Å². The molecule has 9 heteroatoms. The molecule has 1 heterocycles. The Labute approximate surface area is 248 Å². The summed E-state index contributed by atoms with van der Waals surface area (Å²) in [5.41, 5.74) is 0.0115. The molecule has 1 aromatic heterocycles. The Balaban J connectivity index is 0.000000274. The lowest BCUT2D eigenvalue weighted by atomic mass is 9.92. The van der Waals surface area contributed by atoms with E-state index >= 15 is 0 Å². The van der Waals surface area contributed by atoms with Gasteiger partial charge in [-0.3, -0.25) is 9.78 Å². The van der Waals surface area contributed by atoms with Gasteiger partial charge < -0.3 is 15.0 Å². The first-order valence-corrected chi connectivity index (χ1v) is 15.4. The van der Waals surface area contributed by atoms with Crippen LogP contribution in [0.25, 0.3) is 0 Å². The summed E-state index contributed by atoms with van der Waals surface area (Å²) >= 11 is 0. The molecule has 6 nitrogen and oxygen atoms in total. The van der Waals surface area contributed by atoms with Gasteiger partial charge in [-0.2, -0.15) is 18.4 Å². The van der Waals surface area contributed by atoms with E-state index < -0.39 is 11.7 Å². The third-order valence-electron chi connectivity index (χ3n) is 7.94. The second-order valence-electron chi connectivity index (χ2n) is 11.5. The number of carbonyl (C=O) groups is 1. The lowest BCUT2D eigenvalue weighted by molar-refractivity contribution is -0.137. The molecule has 0 radical (unpaired) electrons. The fraction of sp³-hybridized carbons (Fsp3) is 0.606. The first-order valence-electron chi connectivity index (χ1n) is 15.4. The van der Waals surface area contributed by atoms with Crippen molar-refractivity contribution in [2.75, 3.05) is 18.4 Å². The molecule has 0 saturated heterocycles. The highest BCUT2D eigenvalue weighted by atomic mass is 19.4. The van der Waals surface area contributed by atoms with Crippen LogP contribution >= 0.6 is 0 Å². The molecule has 0 bridgehead atoms. The van der Waals surface area contributed by atoms with Crippen LogP contribution in [0.3, 0.4) is 0 Å². The summed E-state index contributed by atoms with van der Waals surface area (Å²) in [6.45, 7) is 8.08. The second-order valence-corrected chi connectivity index (χ2v) is 11.5. The van der Waals surface area contributed by atoms with Crippen molar-refractivity contribution in [3.63, 3.8) is 0 Å². The number of halogens is 3. The predicted molar refractivity (Wildman–Crippen MR) is 159 cm³/mol. The van der Waals surface area contributed by atoms with Crippen molar-refractivity contribution in [1.29, 1.82) is 5.26 Å². The lowest BCUT2D eigenvalue weighted by Gasteiger charge is -2.30. The number of pyridine rings is 1. The number of alkyl halides is 3. The predicted octanol–water partition coefficient (Wildman–Crippen LogP) is 8.30. The van der Waals surface area contributed by atoms with Gasteiger partial charge in [0, 0.05) is 49.2 Å². The fourth-order valence-electron chi connectivity index (χ4n) is 5.80. The zero-order valence-corrected chi connectivity index (χ0v) is 25.2. The minimum absolute atomic E-state index is 0.0815. The van der Waals surface area contributed by atoms with Gasteiger partial charge in [0.1, 0.15) is 5.75 Å². The molecule has 0 aliphatic heterocycles. The number of nitrogens with one attached hydrogen (secondary N) is 1. The standard InChI is InChI=1S/C20H20F3N3O.C13H25NO/c1-13-10-18(8-9-25-13)27-17-6-4-15(5-7-17)26-16-3-2-14(12-24)19(11-16)20(21,22)23;1-3-9-14(10-4-2)13(15)11-12-7-5-6-8-12/h2-3,8-11,15,17,26H,4-7H2,1H3;12H,3-11H2,1-2H3. The summed E-state index contributed by atoms with van der Waals surface area (Å²) in [6.07, 6.45) is 8.69. The van der Waals surface area contributed by atoms with Crippen LogP contribution in [0.1, 0.15) is 101 Å². The minimum atomic E-state index is -4.54. The quantitative estimate of drug-likeness (QED) is 0.303. The Morgan fingerprint density at radius 1 is 1.05 bits per heavy atom. The van der Waals surface area contributed by atoms with E-state index in [0.717, 1.165) is 75.5 Å². The molecule has 2 saturated carbocycles. The van der Waals surface area contributed by atoms with E-state index in [0.29, 0.717) is 17.5 Å². The molecule has 2 aliphatic rings. The topological polar surface area (TPSA) is 78.2 Å². The largest absolute Gasteiger partial charge is 0.490 e. The first kappa shape index (κ1) is 33.2. The van der Waals surface area contributed by atoms with Crippen molar-refractivity contribution in [3.8, 4) is 11.8 Å². The van der Waals surface area contributed by atoms with Crippen LogP contribution in [0.2, 0.25) is 0 Å². The summed E-state index contributed by atoms with van der Waals surface area (Å²) in [5, 5.41) is 12.0.